The molecule has 0 spiro atoms. The lowest BCUT2D eigenvalue weighted by atomic mass is 10.1. The van der Waals surface area contributed by atoms with Crippen LogP contribution in [0.5, 0.6) is 0 Å². The minimum atomic E-state index is -0.620. The zero-order valence-electron chi connectivity index (χ0n) is 10.3. The summed E-state index contributed by atoms with van der Waals surface area (Å²) in [5.74, 6) is 0.800. The largest absolute Gasteiger partial charge is 0.508 e. The average Bonchev–Trinajstić information content (AvgIpc) is 2.40. The Labute approximate surface area is 106 Å². The van der Waals surface area contributed by atoms with Crippen molar-refractivity contribution < 1.29 is 14.3 Å². The summed E-state index contributed by atoms with van der Waals surface area (Å²) in [4.78, 5) is 17.4. The molecule has 2 rings (SSSR count). The van der Waals surface area contributed by atoms with Gasteiger partial charge in [0.1, 0.15) is 6.10 Å². The molecule has 1 saturated heterocycles. The molecule has 0 aromatic carbocycles. The topological polar surface area (TPSA) is 77.7 Å². The molecule has 1 fully saturated rings. The number of anilines is 2. The van der Waals surface area contributed by atoms with Gasteiger partial charge in [-0.3, -0.25) is 0 Å². The summed E-state index contributed by atoms with van der Waals surface area (Å²) in [6, 6.07) is 3.64. The standard InChI is InChI=1S/C12H17N3O3/c1-17-12(16)18-9-4-7-15(8-5-9)11-10(13)3-2-6-14-11/h2-3,6,9H,4-5,7-8,13H2,1H3. The number of ether oxygens (including phenoxy) is 2. The molecular weight excluding hydrogens is 234 g/mol. The van der Waals surface area contributed by atoms with Gasteiger partial charge >= 0.3 is 6.16 Å². The average molecular weight is 251 g/mol. The van der Waals surface area contributed by atoms with E-state index in [-0.39, 0.29) is 6.10 Å². The third kappa shape index (κ3) is 2.82. The molecule has 98 valence electrons. The smallest absolute Gasteiger partial charge is 0.438 e. The number of piperidine rings is 1. The number of methoxy groups -OCH3 is 1. The van der Waals surface area contributed by atoms with E-state index in [9.17, 15) is 4.79 Å². The molecule has 0 unspecified atom stereocenters. The zero-order chi connectivity index (χ0) is 13.0. The van der Waals surface area contributed by atoms with E-state index in [4.69, 9.17) is 10.5 Å². The summed E-state index contributed by atoms with van der Waals surface area (Å²) < 4.78 is 9.59. The first-order valence-corrected chi connectivity index (χ1v) is 5.90. The lowest BCUT2D eigenvalue weighted by molar-refractivity contribution is 0.0281. The molecule has 2 heterocycles. The second-order valence-corrected chi connectivity index (χ2v) is 4.17. The Morgan fingerprint density at radius 3 is 2.83 bits per heavy atom. The van der Waals surface area contributed by atoms with Crippen LogP contribution in [-0.4, -0.2) is 37.4 Å². The Kier molecular flexibility index (Phi) is 3.86. The van der Waals surface area contributed by atoms with Gasteiger partial charge in [0.2, 0.25) is 0 Å². The molecule has 0 bridgehead atoms. The van der Waals surface area contributed by atoms with E-state index in [1.165, 1.54) is 7.11 Å². The highest BCUT2D eigenvalue weighted by molar-refractivity contribution is 5.62. The summed E-state index contributed by atoms with van der Waals surface area (Å²) in [5, 5.41) is 0. The second kappa shape index (κ2) is 5.57. The molecule has 0 radical (unpaired) electrons. The maximum Gasteiger partial charge on any atom is 0.508 e. The molecule has 6 heteroatoms. The van der Waals surface area contributed by atoms with Gasteiger partial charge in [-0.1, -0.05) is 0 Å². The molecule has 0 saturated carbocycles. The third-order valence-electron chi connectivity index (χ3n) is 2.99. The summed E-state index contributed by atoms with van der Waals surface area (Å²) in [6.07, 6.45) is 2.53. The van der Waals surface area contributed by atoms with Crippen LogP contribution in [0.2, 0.25) is 0 Å². The number of pyridine rings is 1. The van der Waals surface area contributed by atoms with Crippen molar-refractivity contribution in [2.45, 2.75) is 18.9 Å². The number of carbonyl (C=O) groups is 1. The van der Waals surface area contributed by atoms with Crippen molar-refractivity contribution in [2.75, 3.05) is 30.8 Å². The maximum absolute atomic E-state index is 11.0. The van der Waals surface area contributed by atoms with Crippen LogP contribution in [0.1, 0.15) is 12.8 Å². The van der Waals surface area contributed by atoms with Gasteiger partial charge < -0.3 is 20.1 Å². The molecule has 1 aliphatic rings. The van der Waals surface area contributed by atoms with E-state index < -0.39 is 6.16 Å². The van der Waals surface area contributed by atoms with Crippen molar-refractivity contribution >= 4 is 17.7 Å². The molecule has 1 aromatic rings. The molecular formula is C12H17N3O3. The Morgan fingerprint density at radius 1 is 1.50 bits per heavy atom. The number of nitrogens with zero attached hydrogens (tertiary/aromatic N) is 2. The van der Waals surface area contributed by atoms with E-state index in [1.807, 2.05) is 12.1 Å². The van der Waals surface area contributed by atoms with Gasteiger partial charge in [-0.25, -0.2) is 9.78 Å². The van der Waals surface area contributed by atoms with Crippen LogP contribution in [0.3, 0.4) is 0 Å². The van der Waals surface area contributed by atoms with Gasteiger partial charge in [-0.05, 0) is 12.1 Å². The number of rotatable bonds is 2. The fourth-order valence-corrected chi connectivity index (χ4v) is 2.04. The van der Waals surface area contributed by atoms with Gasteiger partial charge in [0.15, 0.2) is 5.82 Å². The van der Waals surface area contributed by atoms with Crippen LogP contribution in [0, 0.1) is 0 Å². The zero-order valence-corrected chi connectivity index (χ0v) is 10.3. The van der Waals surface area contributed by atoms with Gasteiger partial charge in [-0.15, -0.1) is 0 Å². The lowest BCUT2D eigenvalue weighted by Crippen LogP contribution is -2.38. The highest BCUT2D eigenvalue weighted by atomic mass is 16.7. The van der Waals surface area contributed by atoms with Crippen LogP contribution in [0.4, 0.5) is 16.3 Å². The number of nitrogen functional groups attached to an aromatic ring is 1. The van der Waals surface area contributed by atoms with Crippen molar-refractivity contribution in [2.24, 2.45) is 0 Å². The first kappa shape index (κ1) is 12.5. The van der Waals surface area contributed by atoms with Crippen molar-refractivity contribution in [3.63, 3.8) is 0 Å². The monoisotopic (exact) mass is 251 g/mol. The van der Waals surface area contributed by atoms with Crippen LogP contribution in [0.25, 0.3) is 0 Å². The van der Waals surface area contributed by atoms with Crippen LogP contribution in [0.15, 0.2) is 18.3 Å². The van der Waals surface area contributed by atoms with E-state index in [0.29, 0.717) is 5.69 Å². The SMILES string of the molecule is COC(=O)OC1CCN(c2ncccc2N)CC1. The Bertz CT molecular complexity index is 417. The van der Waals surface area contributed by atoms with Crippen LogP contribution < -0.4 is 10.6 Å². The van der Waals surface area contributed by atoms with E-state index in [0.717, 1.165) is 31.7 Å². The highest BCUT2D eigenvalue weighted by Crippen LogP contribution is 2.24. The molecule has 0 atom stereocenters. The molecule has 2 N–H and O–H groups in total. The minimum absolute atomic E-state index is 0.0846. The van der Waals surface area contributed by atoms with Gasteiger partial charge in [0.05, 0.1) is 12.8 Å². The molecule has 1 aliphatic heterocycles. The van der Waals surface area contributed by atoms with Gasteiger partial charge in [0.25, 0.3) is 0 Å². The van der Waals surface area contributed by atoms with Crippen molar-refractivity contribution in [3.8, 4) is 0 Å². The fourth-order valence-electron chi connectivity index (χ4n) is 2.04. The van der Waals surface area contributed by atoms with E-state index in [1.54, 1.807) is 6.20 Å². The summed E-state index contributed by atoms with van der Waals surface area (Å²) in [6.45, 7) is 1.53. The first-order chi connectivity index (χ1) is 8.70. The molecule has 6 nitrogen and oxygen atoms in total. The second-order valence-electron chi connectivity index (χ2n) is 4.17. The molecule has 0 amide bonds. The predicted molar refractivity (Wildman–Crippen MR) is 67.4 cm³/mol. The van der Waals surface area contributed by atoms with Crippen molar-refractivity contribution in [1.29, 1.82) is 0 Å². The Balaban J connectivity index is 1.91. The highest BCUT2D eigenvalue weighted by Gasteiger charge is 2.24. The van der Waals surface area contributed by atoms with Crippen LogP contribution in [-0.2, 0) is 9.47 Å². The third-order valence-corrected chi connectivity index (χ3v) is 2.99. The van der Waals surface area contributed by atoms with Crippen molar-refractivity contribution in [3.05, 3.63) is 18.3 Å². The number of hydrogen-bond donors (Lipinski definition) is 1. The van der Waals surface area contributed by atoms with E-state index >= 15 is 0 Å². The Hall–Kier alpha value is -1.98. The Morgan fingerprint density at radius 2 is 2.22 bits per heavy atom. The quantitative estimate of drug-likeness (QED) is 0.801. The normalized spacial score (nSPS) is 16.4. The maximum atomic E-state index is 11.0. The van der Waals surface area contributed by atoms with Crippen molar-refractivity contribution in [1.82, 2.24) is 4.98 Å². The minimum Gasteiger partial charge on any atom is -0.438 e. The fraction of sp³-hybridized carbons (Fsp3) is 0.500. The van der Waals surface area contributed by atoms with Gasteiger partial charge in [-0.2, -0.15) is 0 Å². The number of nitrogens with two attached hydrogens (primary N) is 1. The lowest BCUT2D eigenvalue weighted by Gasteiger charge is -2.32. The first-order valence-electron chi connectivity index (χ1n) is 5.90. The number of carbonyl (C=O) groups excluding carboxylic acids is 1. The molecule has 18 heavy (non-hydrogen) atoms. The molecule has 1 aromatic heterocycles. The summed E-state index contributed by atoms with van der Waals surface area (Å²) >= 11 is 0. The molecule has 0 aliphatic carbocycles. The van der Waals surface area contributed by atoms with Crippen LogP contribution >= 0.6 is 0 Å². The predicted octanol–water partition coefficient (Wildman–Crippen LogP) is 1.42. The summed E-state index contributed by atoms with van der Waals surface area (Å²) in [7, 11) is 1.31. The van der Waals surface area contributed by atoms with Gasteiger partial charge in [0, 0.05) is 32.1 Å². The van der Waals surface area contributed by atoms with E-state index in [2.05, 4.69) is 14.6 Å². The number of hydrogen-bond acceptors (Lipinski definition) is 6. The summed E-state index contributed by atoms with van der Waals surface area (Å²) in [5.41, 5.74) is 6.55. The number of aromatic nitrogens is 1.